The van der Waals surface area contributed by atoms with E-state index in [1.54, 1.807) is 4.90 Å². The Morgan fingerprint density at radius 1 is 1.50 bits per heavy atom. The standard InChI is InChI=1S/C15H17ClN2O2/c1-2-7-17-10-15(19)18-8-9-20-14(11-18)12-3-5-13(16)6-4-12/h1,3-6,14,17H,7-11H2. The molecule has 1 aliphatic rings. The van der Waals surface area contributed by atoms with Gasteiger partial charge in [-0.2, -0.15) is 0 Å². The number of halogens is 1. The fraction of sp³-hybridized carbons (Fsp3) is 0.400. The van der Waals surface area contributed by atoms with E-state index in [1.165, 1.54) is 0 Å². The van der Waals surface area contributed by atoms with E-state index < -0.39 is 0 Å². The van der Waals surface area contributed by atoms with Crippen molar-refractivity contribution in [1.82, 2.24) is 10.2 Å². The van der Waals surface area contributed by atoms with Gasteiger partial charge in [0.05, 0.1) is 26.2 Å². The molecule has 1 N–H and O–H groups in total. The van der Waals surface area contributed by atoms with Gasteiger partial charge in [0.2, 0.25) is 5.91 Å². The fourth-order valence-corrected chi connectivity index (χ4v) is 2.23. The summed E-state index contributed by atoms with van der Waals surface area (Å²) in [6, 6.07) is 7.51. The minimum absolute atomic E-state index is 0.0440. The van der Waals surface area contributed by atoms with E-state index in [4.69, 9.17) is 22.8 Å². The zero-order chi connectivity index (χ0) is 14.4. The van der Waals surface area contributed by atoms with Crippen molar-refractivity contribution in [2.75, 3.05) is 32.8 Å². The smallest absolute Gasteiger partial charge is 0.236 e. The lowest BCUT2D eigenvalue weighted by Crippen LogP contribution is -2.45. The number of terminal acetylenes is 1. The first-order valence-electron chi connectivity index (χ1n) is 6.49. The van der Waals surface area contributed by atoms with Crippen molar-refractivity contribution in [1.29, 1.82) is 0 Å². The van der Waals surface area contributed by atoms with Crippen LogP contribution >= 0.6 is 11.6 Å². The Morgan fingerprint density at radius 3 is 2.95 bits per heavy atom. The zero-order valence-electron chi connectivity index (χ0n) is 11.1. The zero-order valence-corrected chi connectivity index (χ0v) is 11.9. The van der Waals surface area contributed by atoms with Crippen LogP contribution in [0.5, 0.6) is 0 Å². The van der Waals surface area contributed by atoms with Crippen LogP contribution in [-0.4, -0.2) is 43.6 Å². The molecule has 1 aliphatic heterocycles. The Hall–Kier alpha value is -1.54. The van der Waals surface area contributed by atoms with Crippen LogP contribution < -0.4 is 5.32 Å². The van der Waals surface area contributed by atoms with Crippen LogP contribution in [0.3, 0.4) is 0 Å². The molecule has 106 valence electrons. The highest BCUT2D eigenvalue weighted by molar-refractivity contribution is 6.30. The van der Waals surface area contributed by atoms with Gasteiger partial charge in [0.25, 0.3) is 0 Å². The summed E-state index contributed by atoms with van der Waals surface area (Å²) in [6.45, 7) is 2.36. The maximum absolute atomic E-state index is 12.0. The molecular weight excluding hydrogens is 276 g/mol. The highest BCUT2D eigenvalue weighted by Crippen LogP contribution is 2.23. The average molecular weight is 293 g/mol. The second-order valence-electron chi connectivity index (χ2n) is 4.56. The molecule has 2 rings (SSSR count). The molecule has 0 spiro atoms. The summed E-state index contributed by atoms with van der Waals surface area (Å²) in [5.41, 5.74) is 1.03. The van der Waals surface area contributed by atoms with Crippen molar-refractivity contribution in [3.63, 3.8) is 0 Å². The largest absolute Gasteiger partial charge is 0.370 e. The first-order chi connectivity index (χ1) is 9.70. The summed E-state index contributed by atoms with van der Waals surface area (Å²) < 4.78 is 5.72. The van der Waals surface area contributed by atoms with Crippen LogP contribution in [0, 0.1) is 12.3 Å². The summed E-state index contributed by atoms with van der Waals surface area (Å²) in [5.74, 6) is 2.49. The Labute approximate surface area is 124 Å². The van der Waals surface area contributed by atoms with Crippen molar-refractivity contribution < 1.29 is 9.53 Å². The Kier molecular flexibility index (Phi) is 5.42. The maximum atomic E-state index is 12.0. The van der Waals surface area contributed by atoms with Crippen LogP contribution in [0.15, 0.2) is 24.3 Å². The van der Waals surface area contributed by atoms with Crippen molar-refractivity contribution in [2.24, 2.45) is 0 Å². The number of benzene rings is 1. The van der Waals surface area contributed by atoms with Crippen molar-refractivity contribution >= 4 is 17.5 Å². The van der Waals surface area contributed by atoms with E-state index in [9.17, 15) is 4.79 Å². The third-order valence-electron chi connectivity index (χ3n) is 3.16. The molecular formula is C15H17ClN2O2. The van der Waals surface area contributed by atoms with Gasteiger partial charge in [-0.25, -0.2) is 0 Å². The number of hydrogen-bond donors (Lipinski definition) is 1. The van der Waals surface area contributed by atoms with Crippen LogP contribution in [0.2, 0.25) is 5.02 Å². The minimum Gasteiger partial charge on any atom is -0.370 e. The second-order valence-corrected chi connectivity index (χ2v) is 4.99. The van der Waals surface area contributed by atoms with E-state index in [2.05, 4.69) is 11.2 Å². The summed E-state index contributed by atoms with van der Waals surface area (Å²) >= 11 is 5.87. The quantitative estimate of drug-likeness (QED) is 0.675. The molecule has 1 aromatic carbocycles. The molecule has 0 radical (unpaired) electrons. The lowest BCUT2D eigenvalue weighted by Gasteiger charge is -2.33. The number of nitrogens with one attached hydrogen (secondary N) is 1. The van der Waals surface area contributed by atoms with Crippen LogP contribution in [-0.2, 0) is 9.53 Å². The topological polar surface area (TPSA) is 41.6 Å². The molecule has 0 saturated carbocycles. The lowest BCUT2D eigenvalue weighted by atomic mass is 10.1. The van der Waals surface area contributed by atoms with Gasteiger partial charge < -0.3 is 9.64 Å². The van der Waals surface area contributed by atoms with E-state index >= 15 is 0 Å². The van der Waals surface area contributed by atoms with Gasteiger partial charge in [-0.15, -0.1) is 6.42 Å². The normalized spacial score (nSPS) is 18.6. The second kappa shape index (κ2) is 7.30. The van der Waals surface area contributed by atoms with E-state index in [0.717, 1.165) is 5.56 Å². The van der Waals surface area contributed by atoms with Crippen LogP contribution in [0.25, 0.3) is 0 Å². The van der Waals surface area contributed by atoms with Gasteiger partial charge in [-0.05, 0) is 17.7 Å². The van der Waals surface area contributed by atoms with Gasteiger partial charge in [-0.3, -0.25) is 10.1 Å². The van der Waals surface area contributed by atoms with Gasteiger partial charge >= 0.3 is 0 Å². The molecule has 1 heterocycles. The number of hydrogen-bond acceptors (Lipinski definition) is 3. The highest BCUT2D eigenvalue weighted by atomic mass is 35.5. The van der Waals surface area contributed by atoms with Crippen molar-refractivity contribution in [3.05, 3.63) is 34.9 Å². The molecule has 1 unspecified atom stereocenters. The van der Waals surface area contributed by atoms with Crippen molar-refractivity contribution in [2.45, 2.75) is 6.10 Å². The van der Waals surface area contributed by atoms with E-state index in [1.807, 2.05) is 24.3 Å². The summed E-state index contributed by atoms with van der Waals surface area (Å²) in [6.07, 6.45) is 5.04. The summed E-state index contributed by atoms with van der Waals surface area (Å²) in [5, 5.41) is 3.60. The molecule has 20 heavy (non-hydrogen) atoms. The summed E-state index contributed by atoms with van der Waals surface area (Å²) in [7, 11) is 0. The Bertz CT molecular complexity index is 496. The molecule has 1 saturated heterocycles. The molecule has 1 atom stereocenters. The molecule has 0 aromatic heterocycles. The van der Waals surface area contributed by atoms with Crippen molar-refractivity contribution in [3.8, 4) is 12.3 Å². The number of carbonyl (C=O) groups excluding carboxylic acids is 1. The number of rotatable bonds is 4. The minimum atomic E-state index is -0.0994. The number of nitrogens with zero attached hydrogens (tertiary/aromatic N) is 1. The molecule has 5 heteroatoms. The molecule has 0 bridgehead atoms. The molecule has 1 fully saturated rings. The first-order valence-corrected chi connectivity index (χ1v) is 6.87. The molecule has 1 amide bonds. The van der Waals surface area contributed by atoms with E-state index in [-0.39, 0.29) is 18.6 Å². The predicted molar refractivity (Wildman–Crippen MR) is 78.4 cm³/mol. The average Bonchev–Trinajstić information content (AvgIpc) is 2.48. The Balaban J connectivity index is 1.93. The third-order valence-corrected chi connectivity index (χ3v) is 3.42. The third kappa shape index (κ3) is 3.97. The lowest BCUT2D eigenvalue weighted by molar-refractivity contribution is -0.138. The van der Waals surface area contributed by atoms with E-state index in [0.29, 0.717) is 31.3 Å². The van der Waals surface area contributed by atoms with Gasteiger partial charge in [0.15, 0.2) is 0 Å². The monoisotopic (exact) mass is 292 g/mol. The fourth-order valence-electron chi connectivity index (χ4n) is 2.11. The predicted octanol–water partition coefficient (Wildman–Crippen LogP) is 1.46. The number of morpholine rings is 1. The van der Waals surface area contributed by atoms with Crippen LogP contribution in [0.1, 0.15) is 11.7 Å². The summed E-state index contributed by atoms with van der Waals surface area (Å²) in [4.78, 5) is 13.8. The van der Waals surface area contributed by atoms with Gasteiger partial charge in [0.1, 0.15) is 6.10 Å². The molecule has 4 nitrogen and oxygen atoms in total. The van der Waals surface area contributed by atoms with Gasteiger partial charge in [0, 0.05) is 11.6 Å². The van der Waals surface area contributed by atoms with Gasteiger partial charge in [-0.1, -0.05) is 29.7 Å². The number of amides is 1. The molecule has 1 aromatic rings. The maximum Gasteiger partial charge on any atom is 0.236 e. The molecule has 0 aliphatic carbocycles. The van der Waals surface area contributed by atoms with Crippen LogP contribution in [0.4, 0.5) is 0 Å². The highest BCUT2D eigenvalue weighted by Gasteiger charge is 2.24. The SMILES string of the molecule is C#CCNCC(=O)N1CCOC(c2ccc(Cl)cc2)C1. The number of ether oxygens (including phenoxy) is 1. The first kappa shape index (κ1) is 14.9. The number of carbonyl (C=O) groups is 1. The Morgan fingerprint density at radius 2 is 2.25 bits per heavy atom.